The monoisotopic (exact) mass is 444 g/mol. The molecular formula is C22H30N5O5+. The summed E-state index contributed by atoms with van der Waals surface area (Å²) in [5.74, 6) is -0.950. The Labute approximate surface area is 185 Å². The van der Waals surface area contributed by atoms with E-state index in [4.69, 9.17) is 4.74 Å². The molecule has 0 radical (unpaired) electrons. The fourth-order valence-corrected chi connectivity index (χ4v) is 3.84. The maximum absolute atomic E-state index is 13.1. The summed E-state index contributed by atoms with van der Waals surface area (Å²) in [6, 6.07) is 0.0538. The van der Waals surface area contributed by atoms with Crippen LogP contribution in [0.3, 0.4) is 0 Å². The highest BCUT2D eigenvalue weighted by molar-refractivity contribution is 5.96. The molecule has 2 aliphatic rings. The summed E-state index contributed by atoms with van der Waals surface area (Å²) in [4.78, 5) is 40.1. The van der Waals surface area contributed by atoms with Crippen LogP contribution in [0.5, 0.6) is 5.88 Å². The second-order valence-corrected chi connectivity index (χ2v) is 8.77. The summed E-state index contributed by atoms with van der Waals surface area (Å²) in [7, 11) is 0. The lowest BCUT2D eigenvalue weighted by Gasteiger charge is -2.17. The van der Waals surface area contributed by atoms with Crippen molar-refractivity contribution in [3.05, 3.63) is 33.8 Å². The largest absolute Gasteiger partial charge is 0.477 e. The lowest BCUT2D eigenvalue weighted by Crippen LogP contribution is -2.46. The molecule has 0 spiro atoms. The molecule has 1 saturated heterocycles. The lowest BCUT2D eigenvalue weighted by atomic mass is 10.2. The van der Waals surface area contributed by atoms with E-state index in [1.807, 2.05) is 13.8 Å². The zero-order valence-corrected chi connectivity index (χ0v) is 18.5. The number of aromatic nitrogens is 3. The van der Waals surface area contributed by atoms with Crippen molar-refractivity contribution < 1.29 is 24.0 Å². The van der Waals surface area contributed by atoms with E-state index in [9.17, 15) is 19.5 Å². The molecule has 0 bridgehead atoms. The van der Waals surface area contributed by atoms with Gasteiger partial charge < -0.3 is 20.1 Å². The fourth-order valence-electron chi connectivity index (χ4n) is 3.84. The Hall–Kier alpha value is -3.14. The Morgan fingerprint density at radius 2 is 2.12 bits per heavy atom. The fraction of sp³-hybridized carbons (Fsp3) is 0.545. The molecule has 2 aromatic heterocycles. The molecule has 2 amide bonds. The molecule has 0 aromatic carbocycles. The van der Waals surface area contributed by atoms with Gasteiger partial charge in [-0.3, -0.25) is 9.59 Å². The number of hydrogen-bond donors (Lipinski definition) is 3. The molecule has 1 aliphatic carbocycles. The van der Waals surface area contributed by atoms with Crippen LogP contribution in [0.4, 0.5) is 0 Å². The normalized spacial score (nSPS) is 17.3. The van der Waals surface area contributed by atoms with Gasteiger partial charge in [0.05, 0.1) is 24.9 Å². The zero-order valence-electron chi connectivity index (χ0n) is 18.5. The maximum Gasteiger partial charge on any atom is 0.378 e. The van der Waals surface area contributed by atoms with Gasteiger partial charge in [0, 0.05) is 31.8 Å². The number of ether oxygens (including phenoxy) is 1. The van der Waals surface area contributed by atoms with Gasteiger partial charge in [0.15, 0.2) is 0 Å². The van der Waals surface area contributed by atoms with Crippen LogP contribution in [0.25, 0.3) is 11.7 Å². The third-order valence-corrected chi connectivity index (χ3v) is 5.60. The standard InChI is InChI=1S/C22H29N5O5/c1-14(2)13-26-20-15(4-7-17(28)25-8-3-10-32-11-9-25)12-23-27(20)22(31)18(21(26)30)19(29)24-16-5-6-16/h4,7,12,14,16H,3,5-6,8-11,13H2,1-2H3,(H2,24,29,30,31)/p+1/b7-4+. The van der Waals surface area contributed by atoms with Gasteiger partial charge in [-0.05, 0) is 31.3 Å². The van der Waals surface area contributed by atoms with Gasteiger partial charge in [-0.1, -0.05) is 18.4 Å². The van der Waals surface area contributed by atoms with E-state index < -0.39 is 11.5 Å². The molecule has 172 valence electrons. The molecule has 2 aromatic rings. The van der Waals surface area contributed by atoms with Gasteiger partial charge in [0.1, 0.15) is 0 Å². The number of nitrogens with zero attached hydrogens (tertiary/aromatic N) is 3. The zero-order chi connectivity index (χ0) is 22.8. The van der Waals surface area contributed by atoms with Crippen LogP contribution in [-0.2, 0) is 16.1 Å². The first-order valence-electron chi connectivity index (χ1n) is 11.1. The number of H-pyrrole nitrogens is 1. The van der Waals surface area contributed by atoms with Crippen LogP contribution in [0.1, 0.15) is 49.0 Å². The highest BCUT2D eigenvalue weighted by Crippen LogP contribution is 2.21. The Morgan fingerprint density at radius 1 is 1.34 bits per heavy atom. The SMILES string of the molecule is CC(C)C[n+]1c(O)c(C(=O)NC2CC2)c(=O)n2[nH]cc(/C=C/C(=O)N3CCCOCC3)c21. The van der Waals surface area contributed by atoms with Gasteiger partial charge in [0.25, 0.3) is 5.91 Å². The first kappa shape index (κ1) is 22.1. The number of nitrogens with one attached hydrogen (secondary N) is 2. The number of fused-ring (bicyclic) bond motifs is 1. The highest BCUT2D eigenvalue weighted by Gasteiger charge is 2.34. The molecule has 1 saturated carbocycles. The third kappa shape index (κ3) is 4.55. The number of amides is 2. The minimum atomic E-state index is -0.633. The molecule has 3 N–H and O–H groups in total. The maximum atomic E-state index is 13.1. The van der Waals surface area contributed by atoms with Crippen molar-refractivity contribution >= 4 is 23.5 Å². The molecule has 32 heavy (non-hydrogen) atoms. The topological polar surface area (TPSA) is 120 Å². The third-order valence-electron chi connectivity index (χ3n) is 5.60. The summed E-state index contributed by atoms with van der Waals surface area (Å²) in [5.41, 5.74) is 0.0402. The van der Waals surface area contributed by atoms with E-state index in [0.717, 1.165) is 19.3 Å². The smallest absolute Gasteiger partial charge is 0.378 e. The van der Waals surface area contributed by atoms with Crippen LogP contribution < -0.4 is 15.4 Å². The molecule has 4 rings (SSSR count). The van der Waals surface area contributed by atoms with Crippen molar-refractivity contribution in [2.75, 3.05) is 26.3 Å². The van der Waals surface area contributed by atoms with Crippen LogP contribution in [0.2, 0.25) is 0 Å². The van der Waals surface area contributed by atoms with Crippen LogP contribution >= 0.6 is 0 Å². The number of carbonyl (C=O) groups is 2. The molecule has 0 atom stereocenters. The molecular weight excluding hydrogens is 414 g/mol. The van der Waals surface area contributed by atoms with E-state index in [1.54, 1.807) is 21.7 Å². The predicted octanol–water partition coefficient (Wildman–Crippen LogP) is 0.431. The number of carbonyl (C=O) groups excluding carboxylic acids is 2. The van der Waals surface area contributed by atoms with Gasteiger partial charge in [0.2, 0.25) is 11.5 Å². The summed E-state index contributed by atoms with van der Waals surface area (Å²) in [6.45, 7) is 6.65. The Morgan fingerprint density at radius 3 is 2.84 bits per heavy atom. The van der Waals surface area contributed by atoms with Gasteiger partial charge in [-0.2, -0.15) is 4.57 Å². The highest BCUT2D eigenvalue weighted by atomic mass is 16.5. The number of aromatic hydroxyl groups is 1. The second kappa shape index (κ2) is 9.15. The van der Waals surface area contributed by atoms with Gasteiger partial charge in [-0.25, -0.2) is 9.89 Å². The van der Waals surface area contributed by atoms with Crippen molar-refractivity contribution in [1.82, 2.24) is 19.8 Å². The van der Waals surface area contributed by atoms with E-state index in [2.05, 4.69) is 10.4 Å². The number of rotatable bonds is 6. The molecule has 0 unspecified atom stereocenters. The number of hydrogen-bond acceptors (Lipinski definition) is 5. The Bertz CT molecular complexity index is 1100. The van der Waals surface area contributed by atoms with Crippen molar-refractivity contribution in [1.29, 1.82) is 0 Å². The quantitative estimate of drug-likeness (QED) is 0.441. The van der Waals surface area contributed by atoms with Crippen molar-refractivity contribution in [2.45, 2.75) is 45.7 Å². The van der Waals surface area contributed by atoms with Crippen molar-refractivity contribution in [2.24, 2.45) is 5.92 Å². The van der Waals surface area contributed by atoms with E-state index in [1.165, 1.54) is 10.6 Å². The molecule has 2 fully saturated rings. The van der Waals surface area contributed by atoms with Crippen LogP contribution in [0, 0.1) is 5.92 Å². The minimum Gasteiger partial charge on any atom is -0.477 e. The molecule has 10 nitrogen and oxygen atoms in total. The molecule has 10 heteroatoms. The molecule has 1 aliphatic heterocycles. The first-order chi connectivity index (χ1) is 15.4. The average molecular weight is 445 g/mol. The minimum absolute atomic E-state index is 0.0538. The second-order valence-electron chi connectivity index (χ2n) is 8.77. The summed E-state index contributed by atoms with van der Waals surface area (Å²) in [5, 5.41) is 16.6. The Balaban J connectivity index is 1.73. The Kier molecular flexibility index (Phi) is 6.31. The van der Waals surface area contributed by atoms with Crippen LogP contribution in [0.15, 0.2) is 17.1 Å². The van der Waals surface area contributed by atoms with E-state index in [-0.39, 0.29) is 29.3 Å². The molecule has 3 heterocycles. The lowest BCUT2D eigenvalue weighted by molar-refractivity contribution is -0.686. The predicted molar refractivity (Wildman–Crippen MR) is 116 cm³/mol. The summed E-state index contributed by atoms with van der Waals surface area (Å²) < 4.78 is 8.19. The first-order valence-corrected chi connectivity index (χ1v) is 11.1. The van der Waals surface area contributed by atoms with Crippen LogP contribution in [-0.4, -0.2) is 63.8 Å². The van der Waals surface area contributed by atoms with E-state index >= 15 is 0 Å². The number of aromatic amines is 1. The van der Waals surface area contributed by atoms with Crippen molar-refractivity contribution in [3.63, 3.8) is 0 Å². The summed E-state index contributed by atoms with van der Waals surface area (Å²) in [6.07, 6.45) is 7.21. The van der Waals surface area contributed by atoms with Gasteiger partial charge in [-0.15, -0.1) is 0 Å². The van der Waals surface area contributed by atoms with Gasteiger partial charge >= 0.3 is 17.1 Å². The average Bonchev–Trinajstić information content (AvgIpc) is 3.51. The van der Waals surface area contributed by atoms with E-state index in [0.29, 0.717) is 44.1 Å². The van der Waals surface area contributed by atoms with Crippen molar-refractivity contribution in [3.8, 4) is 5.88 Å². The summed E-state index contributed by atoms with van der Waals surface area (Å²) >= 11 is 0.